The lowest BCUT2D eigenvalue weighted by Crippen LogP contribution is -2.13. The summed E-state index contributed by atoms with van der Waals surface area (Å²) < 4.78 is 15.3. The number of rotatable bonds is 2. The molecule has 0 radical (unpaired) electrons. The third kappa shape index (κ3) is 3.54. The van der Waals surface area contributed by atoms with E-state index in [1.807, 2.05) is 19.1 Å². The highest BCUT2D eigenvalue weighted by atomic mass is 127. The number of carbonyl (C=O) groups is 1. The first kappa shape index (κ1) is 14.5. The Balaban J connectivity index is 2.23. The highest BCUT2D eigenvalue weighted by Crippen LogP contribution is 2.19. The predicted octanol–water partition coefficient (Wildman–Crippen LogP) is 4.75. The molecule has 0 bridgehead atoms. The van der Waals surface area contributed by atoms with Crippen molar-refractivity contribution in [2.24, 2.45) is 0 Å². The SMILES string of the molecule is Cc1ccc(NC(=O)c2ccc(Br)cc2F)cc1I. The van der Waals surface area contributed by atoms with Crippen LogP contribution in [0.5, 0.6) is 0 Å². The summed E-state index contributed by atoms with van der Waals surface area (Å²) in [6.45, 7) is 1.99. The second-order valence-electron chi connectivity index (χ2n) is 4.04. The molecule has 0 saturated heterocycles. The summed E-state index contributed by atoms with van der Waals surface area (Å²) in [5, 5.41) is 2.69. The molecule has 0 aliphatic heterocycles. The van der Waals surface area contributed by atoms with Crippen LogP contribution in [0.4, 0.5) is 10.1 Å². The Kier molecular flexibility index (Phi) is 4.57. The summed E-state index contributed by atoms with van der Waals surface area (Å²) in [6.07, 6.45) is 0. The first-order valence-corrected chi connectivity index (χ1v) is 7.37. The number of benzene rings is 2. The number of amides is 1. The number of aryl methyl sites for hydroxylation is 1. The molecule has 2 aromatic rings. The molecule has 2 aromatic carbocycles. The number of halogens is 3. The van der Waals surface area contributed by atoms with Gasteiger partial charge in [-0.15, -0.1) is 0 Å². The molecule has 2 rings (SSSR count). The second-order valence-corrected chi connectivity index (χ2v) is 6.12. The van der Waals surface area contributed by atoms with Gasteiger partial charge in [0.15, 0.2) is 0 Å². The third-order valence-corrected chi connectivity index (χ3v) is 4.26. The molecule has 0 atom stereocenters. The number of carbonyl (C=O) groups excluding carboxylic acids is 1. The second kappa shape index (κ2) is 6.00. The molecule has 0 aliphatic carbocycles. The zero-order valence-electron chi connectivity index (χ0n) is 10.0. The summed E-state index contributed by atoms with van der Waals surface area (Å²) in [7, 11) is 0. The minimum atomic E-state index is -0.548. The molecule has 1 N–H and O–H groups in total. The highest BCUT2D eigenvalue weighted by Gasteiger charge is 2.12. The van der Waals surface area contributed by atoms with Crippen LogP contribution in [0.25, 0.3) is 0 Å². The number of hydrogen-bond acceptors (Lipinski definition) is 1. The summed E-state index contributed by atoms with van der Waals surface area (Å²) in [4.78, 5) is 12.0. The van der Waals surface area contributed by atoms with E-state index in [4.69, 9.17) is 0 Å². The first-order chi connectivity index (χ1) is 8.97. The Morgan fingerprint density at radius 2 is 2.00 bits per heavy atom. The minimum absolute atomic E-state index is 0.0267. The minimum Gasteiger partial charge on any atom is -0.322 e. The fourth-order valence-corrected chi connectivity index (χ4v) is 2.39. The molecule has 0 aromatic heterocycles. The van der Waals surface area contributed by atoms with Gasteiger partial charge in [-0.1, -0.05) is 22.0 Å². The fourth-order valence-electron chi connectivity index (χ4n) is 1.54. The van der Waals surface area contributed by atoms with Gasteiger partial charge in [-0.25, -0.2) is 4.39 Å². The standard InChI is InChI=1S/C14H10BrFINO/c1-8-2-4-10(7-13(8)17)18-14(19)11-5-3-9(15)6-12(11)16/h2-7H,1H3,(H,18,19). The van der Waals surface area contributed by atoms with E-state index in [2.05, 4.69) is 43.8 Å². The van der Waals surface area contributed by atoms with Gasteiger partial charge in [-0.2, -0.15) is 0 Å². The average Bonchev–Trinajstić information content (AvgIpc) is 2.33. The van der Waals surface area contributed by atoms with Crippen LogP contribution >= 0.6 is 38.5 Å². The van der Waals surface area contributed by atoms with E-state index in [1.165, 1.54) is 12.1 Å². The van der Waals surface area contributed by atoms with Crippen molar-refractivity contribution in [2.45, 2.75) is 6.92 Å². The van der Waals surface area contributed by atoms with Gasteiger partial charge in [-0.3, -0.25) is 4.79 Å². The van der Waals surface area contributed by atoms with Gasteiger partial charge in [0.2, 0.25) is 0 Å². The molecular weight excluding hydrogens is 424 g/mol. The van der Waals surface area contributed by atoms with E-state index < -0.39 is 11.7 Å². The van der Waals surface area contributed by atoms with Crippen LogP contribution in [0.15, 0.2) is 40.9 Å². The first-order valence-electron chi connectivity index (χ1n) is 5.50. The van der Waals surface area contributed by atoms with Crippen molar-refractivity contribution < 1.29 is 9.18 Å². The van der Waals surface area contributed by atoms with Crippen molar-refractivity contribution in [1.29, 1.82) is 0 Å². The van der Waals surface area contributed by atoms with Crippen molar-refractivity contribution in [2.75, 3.05) is 5.32 Å². The van der Waals surface area contributed by atoms with E-state index in [-0.39, 0.29) is 5.56 Å². The van der Waals surface area contributed by atoms with Gasteiger partial charge in [-0.05, 0) is 65.4 Å². The van der Waals surface area contributed by atoms with Crippen molar-refractivity contribution in [3.63, 3.8) is 0 Å². The van der Waals surface area contributed by atoms with Crippen LogP contribution in [0.3, 0.4) is 0 Å². The average molecular weight is 434 g/mol. The lowest BCUT2D eigenvalue weighted by atomic mass is 10.2. The topological polar surface area (TPSA) is 29.1 Å². The Bertz CT molecular complexity index is 645. The maximum Gasteiger partial charge on any atom is 0.258 e. The van der Waals surface area contributed by atoms with Crippen molar-refractivity contribution in [1.82, 2.24) is 0 Å². The molecule has 1 amide bonds. The molecule has 0 aliphatic rings. The quantitative estimate of drug-likeness (QED) is 0.680. The molecule has 98 valence electrons. The van der Waals surface area contributed by atoms with E-state index in [9.17, 15) is 9.18 Å². The van der Waals surface area contributed by atoms with Crippen LogP contribution in [0.2, 0.25) is 0 Å². The zero-order valence-corrected chi connectivity index (χ0v) is 13.7. The maximum atomic E-state index is 13.7. The van der Waals surface area contributed by atoms with Crippen molar-refractivity contribution >= 4 is 50.1 Å². The molecule has 0 heterocycles. The zero-order chi connectivity index (χ0) is 14.0. The van der Waals surface area contributed by atoms with Crippen molar-refractivity contribution in [3.05, 3.63) is 61.4 Å². The monoisotopic (exact) mass is 433 g/mol. The van der Waals surface area contributed by atoms with Gasteiger partial charge in [0.1, 0.15) is 5.82 Å². The summed E-state index contributed by atoms with van der Waals surface area (Å²) >= 11 is 5.35. The molecule has 2 nitrogen and oxygen atoms in total. The molecule has 0 spiro atoms. The Hall–Kier alpha value is -0.950. The van der Waals surface area contributed by atoms with Crippen LogP contribution in [-0.4, -0.2) is 5.91 Å². The maximum absolute atomic E-state index is 13.7. The Morgan fingerprint density at radius 3 is 2.63 bits per heavy atom. The molecule has 5 heteroatoms. The summed E-state index contributed by atoms with van der Waals surface area (Å²) in [5.74, 6) is -1.00. The third-order valence-electron chi connectivity index (χ3n) is 2.61. The molecule has 0 saturated carbocycles. The van der Waals surface area contributed by atoms with Gasteiger partial charge in [0.05, 0.1) is 5.56 Å². The molecular formula is C14H10BrFINO. The van der Waals surface area contributed by atoms with E-state index in [0.29, 0.717) is 10.2 Å². The molecule has 19 heavy (non-hydrogen) atoms. The smallest absolute Gasteiger partial charge is 0.258 e. The van der Waals surface area contributed by atoms with Crippen molar-refractivity contribution in [3.8, 4) is 0 Å². The summed E-state index contributed by atoms with van der Waals surface area (Å²) in [6, 6.07) is 9.92. The molecule has 0 fully saturated rings. The van der Waals surface area contributed by atoms with Crippen LogP contribution in [0, 0.1) is 16.3 Å². The van der Waals surface area contributed by atoms with Gasteiger partial charge >= 0.3 is 0 Å². The number of anilines is 1. The van der Waals surface area contributed by atoms with Crippen LogP contribution in [0.1, 0.15) is 15.9 Å². The normalized spacial score (nSPS) is 10.3. The Labute approximate surface area is 132 Å². The van der Waals surface area contributed by atoms with Gasteiger partial charge < -0.3 is 5.32 Å². The predicted molar refractivity (Wildman–Crippen MR) is 85.9 cm³/mol. The Morgan fingerprint density at radius 1 is 1.26 bits per heavy atom. The van der Waals surface area contributed by atoms with E-state index in [0.717, 1.165) is 9.13 Å². The van der Waals surface area contributed by atoms with Gasteiger partial charge in [0, 0.05) is 13.7 Å². The lowest BCUT2D eigenvalue weighted by Gasteiger charge is -2.08. The summed E-state index contributed by atoms with van der Waals surface area (Å²) in [5.41, 5.74) is 1.81. The molecule has 0 unspecified atom stereocenters. The highest BCUT2D eigenvalue weighted by molar-refractivity contribution is 14.1. The lowest BCUT2D eigenvalue weighted by molar-refractivity contribution is 0.102. The largest absolute Gasteiger partial charge is 0.322 e. The van der Waals surface area contributed by atoms with E-state index >= 15 is 0 Å². The van der Waals surface area contributed by atoms with Crippen LogP contribution in [-0.2, 0) is 0 Å². The van der Waals surface area contributed by atoms with Gasteiger partial charge in [0.25, 0.3) is 5.91 Å². The number of nitrogens with one attached hydrogen (secondary N) is 1. The number of hydrogen-bond donors (Lipinski definition) is 1. The van der Waals surface area contributed by atoms with Crippen LogP contribution < -0.4 is 5.32 Å². The fraction of sp³-hybridized carbons (Fsp3) is 0.0714. The van der Waals surface area contributed by atoms with E-state index in [1.54, 1.807) is 12.1 Å².